The molecule has 0 radical (unpaired) electrons. The second-order valence-corrected chi connectivity index (χ2v) is 17.3. The number of rotatable bonds is 9. The fourth-order valence-corrected chi connectivity index (χ4v) is 9.96. The van der Waals surface area contributed by atoms with Crippen LogP contribution in [0.15, 0.2) is 264 Å². The molecule has 11 aromatic carbocycles. The van der Waals surface area contributed by atoms with Crippen molar-refractivity contribution in [3.05, 3.63) is 255 Å². The average molecular weight is 871 g/mol. The van der Waals surface area contributed by atoms with E-state index in [2.05, 4.69) is 265 Å². The average Bonchev–Trinajstić information content (AvgIpc) is 3.95. The number of hydrogen-bond acceptors (Lipinski definition) is 4. The summed E-state index contributed by atoms with van der Waals surface area (Å²) in [4.78, 5) is 4.58. The zero-order valence-electron chi connectivity index (χ0n) is 37.0. The first-order valence-corrected chi connectivity index (χ1v) is 23.1. The Bertz CT molecular complexity index is 3920. The highest BCUT2D eigenvalue weighted by molar-refractivity contribution is 6.22. The van der Waals surface area contributed by atoms with E-state index in [0.29, 0.717) is 0 Å². The Morgan fingerprint density at radius 2 is 0.603 bits per heavy atom. The lowest BCUT2D eigenvalue weighted by Gasteiger charge is -2.25. The van der Waals surface area contributed by atoms with E-state index in [-0.39, 0.29) is 0 Å². The first-order valence-electron chi connectivity index (χ1n) is 23.1. The lowest BCUT2D eigenvalue weighted by Crippen LogP contribution is -2.09. The quantitative estimate of drug-likeness (QED) is 0.145. The molecule has 0 bridgehead atoms. The first kappa shape index (κ1) is 39.3. The van der Waals surface area contributed by atoms with Gasteiger partial charge in [-0.1, -0.05) is 152 Å². The Balaban J connectivity index is 0.938. The van der Waals surface area contributed by atoms with E-state index in [0.717, 1.165) is 99.9 Å². The number of hydrogen-bond donors (Lipinski definition) is 0. The van der Waals surface area contributed by atoms with Crippen LogP contribution < -0.4 is 9.80 Å². The molecule has 2 heterocycles. The predicted molar refractivity (Wildman–Crippen MR) is 284 cm³/mol. The molecule has 13 aromatic rings. The minimum Gasteiger partial charge on any atom is -0.456 e. The van der Waals surface area contributed by atoms with Crippen LogP contribution in [0, 0.1) is 0 Å². The zero-order valence-corrected chi connectivity index (χ0v) is 37.0. The summed E-state index contributed by atoms with van der Waals surface area (Å²) in [7, 11) is 0. The Labute approximate surface area is 393 Å². The molecule has 0 aliphatic rings. The zero-order chi connectivity index (χ0) is 45.0. The van der Waals surface area contributed by atoms with Crippen LogP contribution in [0.4, 0.5) is 34.1 Å². The van der Waals surface area contributed by atoms with Crippen molar-refractivity contribution in [2.45, 2.75) is 0 Å². The van der Waals surface area contributed by atoms with Crippen LogP contribution in [-0.4, -0.2) is 0 Å². The van der Waals surface area contributed by atoms with Gasteiger partial charge in [0.15, 0.2) is 0 Å². The highest BCUT2D eigenvalue weighted by Gasteiger charge is 2.22. The second-order valence-electron chi connectivity index (χ2n) is 17.3. The minimum absolute atomic E-state index is 0.825. The van der Waals surface area contributed by atoms with Crippen molar-refractivity contribution in [3.8, 4) is 33.4 Å². The molecular formula is C64H42N2O2. The molecule has 68 heavy (non-hydrogen) atoms. The third-order valence-electron chi connectivity index (χ3n) is 13.2. The highest BCUT2D eigenvalue weighted by atomic mass is 16.3. The summed E-state index contributed by atoms with van der Waals surface area (Å²) < 4.78 is 13.9. The van der Waals surface area contributed by atoms with Crippen LogP contribution in [0.3, 0.4) is 0 Å². The molecule has 0 fully saturated rings. The molecular weight excluding hydrogens is 829 g/mol. The van der Waals surface area contributed by atoms with Crippen LogP contribution in [0.25, 0.3) is 88.0 Å². The largest absolute Gasteiger partial charge is 0.456 e. The molecule has 0 spiro atoms. The molecule has 4 heteroatoms. The molecule has 2 aromatic heterocycles. The van der Waals surface area contributed by atoms with Gasteiger partial charge in [-0.25, -0.2) is 0 Å². The van der Waals surface area contributed by atoms with Gasteiger partial charge in [0.25, 0.3) is 0 Å². The third-order valence-corrected chi connectivity index (χ3v) is 13.2. The monoisotopic (exact) mass is 870 g/mol. The molecule has 0 unspecified atom stereocenters. The van der Waals surface area contributed by atoms with E-state index in [1.807, 2.05) is 0 Å². The van der Waals surface area contributed by atoms with E-state index in [9.17, 15) is 0 Å². The van der Waals surface area contributed by atoms with Gasteiger partial charge in [-0.15, -0.1) is 0 Å². The molecule has 0 aliphatic carbocycles. The maximum Gasteiger partial charge on any atom is 0.143 e. The van der Waals surface area contributed by atoms with Crippen LogP contribution in [0.2, 0.25) is 0 Å². The Kier molecular flexibility index (Phi) is 9.47. The fourth-order valence-electron chi connectivity index (χ4n) is 9.96. The lowest BCUT2D eigenvalue weighted by atomic mass is 9.94. The molecule has 0 aliphatic heterocycles. The smallest absolute Gasteiger partial charge is 0.143 e. The van der Waals surface area contributed by atoms with Crippen LogP contribution in [0.5, 0.6) is 0 Å². The van der Waals surface area contributed by atoms with Gasteiger partial charge in [0.05, 0.1) is 0 Å². The summed E-state index contributed by atoms with van der Waals surface area (Å²) in [5.74, 6) is 0. The molecule has 320 valence electrons. The van der Waals surface area contributed by atoms with E-state index in [1.54, 1.807) is 0 Å². The summed E-state index contributed by atoms with van der Waals surface area (Å²) in [6.45, 7) is 0. The number of para-hydroxylation sites is 2. The predicted octanol–water partition coefficient (Wildman–Crippen LogP) is 18.6. The Morgan fingerprint density at radius 1 is 0.235 bits per heavy atom. The Hall–Kier alpha value is -9.12. The normalized spacial score (nSPS) is 11.5. The number of anilines is 6. The van der Waals surface area contributed by atoms with Crippen molar-refractivity contribution in [1.82, 2.24) is 0 Å². The molecule has 0 saturated heterocycles. The summed E-state index contributed by atoms with van der Waals surface area (Å²) in [5.41, 5.74) is 16.5. The van der Waals surface area contributed by atoms with Crippen molar-refractivity contribution in [2.75, 3.05) is 9.80 Å². The van der Waals surface area contributed by atoms with Gasteiger partial charge in [0.1, 0.15) is 22.3 Å². The molecule has 0 N–H and O–H groups in total. The van der Waals surface area contributed by atoms with Gasteiger partial charge in [0.2, 0.25) is 0 Å². The van der Waals surface area contributed by atoms with Gasteiger partial charge in [-0.2, -0.15) is 0 Å². The number of furan rings is 2. The van der Waals surface area contributed by atoms with E-state index in [1.165, 1.54) is 22.3 Å². The molecule has 0 atom stereocenters. The van der Waals surface area contributed by atoms with Crippen LogP contribution in [0.1, 0.15) is 0 Å². The van der Waals surface area contributed by atoms with Gasteiger partial charge in [0, 0.05) is 73.4 Å². The summed E-state index contributed by atoms with van der Waals surface area (Å²) in [6.07, 6.45) is 0. The van der Waals surface area contributed by atoms with Crippen molar-refractivity contribution in [3.63, 3.8) is 0 Å². The van der Waals surface area contributed by atoms with Crippen molar-refractivity contribution in [2.24, 2.45) is 0 Å². The second kappa shape index (κ2) is 16.4. The topological polar surface area (TPSA) is 32.8 Å². The van der Waals surface area contributed by atoms with Gasteiger partial charge in [-0.05, 0) is 130 Å². The summed E-state index contributed by atoms with van der Waals surface area (Å²) >= 11 is 0. The number of benzene rings is 11. The van der Waals surface area contributed by atoms with E-state index in [4.69, 9.17) is 8.83 Å². The summed E-state index contributed by atoms with van der Waals surface area (Å²) in [6, 6.07) is 90.2. The Morgan fingerprint density at radius 3 is 1.10 bits per heavy atom. The molecule has 4 nitrogen and oxygen atoms in total. The number of nitrogens with zero attached hydrogens (tertiary/aromatic N) is 2. The van der Waals surface area contributed by atoms with Crippen molar-refractivity contribution >= 4 is 88.8 Å². The van der Waals surface area contributed by atoms with Crippen LogP contribution in [-0.2, 0) is 0 Å². The molecule has 0 amide bonds. The van der Waals surface area contributed by atoms with Crippen LogP contribution >= 0.6 is 0 Å². The minimum atomic E-state index is 0.825. The van der Waals surface area contributed by atoms with E-state index < -0.39 is 0 Å². The third kappa shape index (κ3) is 6.86. The highest BCUT2D eigenvalue weighted by Crippen LogP contribution is 2.46. The maximum atomic E-state index is 7.05. The van der Waals surface area contributed by atoms with Crippen molar-refractivity contribution < 1.29 is 8.83 Å². The van der Waals surface area contributed by atoms with Crippen molar-refractivity contribution in [1.29, 1.82) is 0 Å². The molecule has 13 rings (SSSR count). The van der Waals surface area contributed by atoms with Gasteiger partial charge >= 0.3 is 0 Å². The number of fused-ring (bicyclic) bond motifs is 7. The standard InChI is InChI=1S/C64H42N2O2/c1-6-16-43(17-7-1)45-26-30-51(31-27-45)65(49-22-12-4-13-23-49)53-34-36-55-58-38-48-39-59-56-37-35-54(66(50-24-14-5-15-25-50)52-32-28-46(29-33-52)44-18-8-2-9-19-44)41-61(56)68-64(59)63(47-20-10-3-11-21-47)57(48)42-62(58)67-60(55)40-53/h1-42H. The maximum absolute atomic E-state index is 7.05. The summed E-state index contributed by atoms with van der Waals surface area (Å²) in [5, 5.41) is 6.47. The van der Waals surface area contributed by atoms with Gasteiger partial charge in [-0.3, -0.25) is 0 Å². The van der Waals surface area contributed by atoms with E-state index >= 15 is 0 Å². The SMILES string of the molecule is c1ccc(-c2ccc(N(c3ccccc3)c3ccc4c(c3)oc3cc5c(-c6ccccc6)c6oc7cc(N(c8ccccc8)c8ccc(-c9ccccc9)cc8)ccc7c6cc5cc34)cc2)cc1. The lowest BCUT2D eigenvalue weighted by molar-refractivity contribution is 0.669. The fraction of sp³-hybridized carbons (Fsp3) is 0. The first-order chi connectivity index (χ1) is 33.7. The van der Waals surface area contributed by atoms with Gasteiger partial charge < -0.3 is 18.6 Å². The molecule has 0 saturated carbocycles.